The summed E-state index contributed by atoms with van der Waals surface area (Å²) in [7, 11) is 0. The van der Waals surface area contributed by atoms with Crippen molar-refractivity contribution in [2.75, 3.05) is 32.8 Å². The number of nitrogens with one attached hydrogen (secondary N) is 1. The zero-order chi connectivity index (χ0) is 20.2. The molecule has 1 saturated heterocycles. The number of hydrogen-bond donors (Lipinski definition) is 1. The fourth-order valence-corrected chi connectivity index (χ4v) is 5.48. The molecule has 2 aliphatic heterocycles. The normalized spacial score (nSPS) is 20.8. The highest BCUT2D eigenvalue weighted by Crippen LogP contribution is 2.38. The maximum Gasteiger partial charge on any atom is 0.124 e. The van der Waals surface area contributed by atoms with Crippen molar-refractivity contribution in [3.8, 4) is 11.8 Å². The molecule has 31 heavy (non-hydrogen) atoms. The molecule has 0 bridgehead atoms. The van der Waals surface area contributed by atoms with Crippen LogP contribution in [0.1, 0.15) is 29.2 Å². The summed E-state index contributed by atoms with van der Waals surface area (Å²) in [5.74, 6) is 0.865. The molecule has 2 aromatic rings. The van der Waals surface area contributed by atoms with E-state index < -0.39 is 0 Å². The van der Waals surface area contributed by atoms with Crippen LogP contribution in [0.4, 0.5) is 0 Å². The van der Waals surface area contributed by atoms with E-state index in [0.29, 0.717) is 18.8 Å². The van der Waals surface area contributed by atoms with Crippen molar-refractivity contribution in [2.45, 2.75) is 25.2 Å². The summed E-state index contributed by atoms with van der Waals surface area (Å²) in [6.07, 6.45) is 0.793. The van der Waals surface area contributed by atoms with Crippen LogP contribution in [-0.4, -0.2) is 43.8 Å². The summed E-state index contributed by atoms with van der Waals surface area (Å²) >= 11 is 7.10. The molecule has 9 heteroatoms. The van der Waals surface area contributed by atoms with Crippen LogP contribution < -0.4 is 10.1 Å². The molecular formula is C22H25Br2Cl2N3O2. The van der Waals surface area contributed by atoms with Gasteiger partial charge in [0.1, 0.15) is 5.75 Å². The summed E-state index contributed by atoms with van der Waals surface area (Å²) < 4.78 is 14.6. The second-order valence-electron chi connectivity index (χ2n) is 7.36. The van der Waals surface area contributed by atoms with Crippen LogP contribution >= 0.6 is 56.7 Å². The van der Waals surface area contributed by atoms with Crippen LogP contribution in [0.5, 0.6) is 5.75 Å². The van der Waals surface area contributed by atoms with E-state index in [0.717, 1.165) is 58.4 Å². The van der Waals surface area contributed by atoms with Gasteiger partial charge in [-0.1, -0.05) is 31.9 Å². The van der Waals surface area contributed by atoms with Crippen molar-refractivity contribution in [1.82, 2.24) is 10.2 Å². The van der Waals surface area contributed by atoms with Gasteiger partial charge in [-0.15, -0.1) is 24.8 Å². The number of fused-ring (bicyclic) bond motifs is 1. The summed E-state index contributed by atoms with van der Waals surface area (Å²) in [6, 6.07) is 14.2. The first-order valence-electron chi connectivity index (χ1n) is 9.82. The highest BCUT2D eigenvalue weighted by Gasteiger charge is 2.35. The average molecular weight is 594 g/mol. The van der Waals surface area contributed by atoms with Gasteiger partial charge in [-0.3, -0.25) is 4.90 Å². The third kappa shape index (κ3) is 6.58. The molecule has 2 aromatic carbocycles. The van der Waals surface area contributed by atoms with Crippen molar-refractivity contribution in [3.05, 3.63) is 62.0 Å². The highest BCUT2D eigenvalue weighted by molar-refractivity contribution is 9.11. The molecule has 1 N–H and O–H groups in total. The van der Waals surface area contributed by atoms with Gasteiger partial charge in [-0.25, -0.2) is 0 Å². The first-order chi connectivity index (χ1) is 14.1. The lowest BCUT2D eigenvalue weighted by molar-refractivity contribution is -0.0331. The zero-order valence-corrected chi connectivity index (χ0v) is 21.7. The summed E-state index contributed by atoms with van der Waals surface area (Å²) in [5, 5.41) is 12.8. The maximum atomic E-state index is 9.42. The van der Waals surface area contributed by atoms with Gasteiger partial charge in [0.05, 0.1) is 37.0 Å². The fourth-order valence-electron chi connectivity index (χ4n) is 4.09. The van der Waals surface area contributed by atoms with Crippen LogP contribution in [0.3, 0.4) is 0 Å². The van der Waals surface area contributed by atoms with Gasteiger partial charge >= 0.3 is 0 Å². The van der Waals surface area contributed by atoms with Crippen molar-refractivity contribution in [1.29, 1.82) is 5.26 Å². The minimum atomic E-state index is -0.0129. The second kappa shape index (κ2) is 12.4. The Hall–Kier alpha value is -0.850. The van der Waals surface area contributed by atoms with E-state index in [1.165, 1.54) is 0 Å². The Balaban J connectivity index is 0.00000171. The average Bonchev–Trinajstić information content (AvgIpc) is 2.90. The third-order valence-electron chi connectivity index (χ3n) is 5.40. The largest absolute Gasteiger partial charge is 0.493 e. The topological polar surface area (TPSA) is 57.5 Å². The second-order valence-corrected chi connectivity index (χ2v) is 9.19. The van der Waals surface area contributed by atoms with Crippen LogP contribution in [0.2, 0.25) is 0 Å². The molecule has 0 amide bonds. The lowest BCUT2D eigenvalue weighted by atomic mass is 9.95. The molecule has 5 nitrogen and oxygen atoms in total. The number of rotatable bonds is 4. The number of ether oxygens (including phenoxy) is 2. The number of piperazine rings is 1. The Labute approximate surface area is 212 Å². The van der Waals surface area contributed by atoms with E-state index in [4.69, 9.17) is 9.47 Å². The highest BCUT2D eigenvalue weighted by atomic mass is 79.9. The van der Waals surface area contributed by atoms with Gasteiger partial charge in [0.15, 0.2) is 0 Å². The number of nitrogens with zero attached hydrogens (tertiary/aromatic N) is 2. The van der Waals surface area contributed by atoms with E-state index in [2.05, 4.69) is 60.3 Å². The van der Waals surface area contributed by atoms with Gasteiger partial charge in [0, 0.05) is 47.1 Å². The zero-order valence-electron chi connectivity index (χ0n) is 16.9. The van der Waals surface area contributed by atoms with Crippen LogP contribution in [0.15, 0.2) is 45.3 Å². The molecule has 2 aliphatic rings. The van der Waals surface area contributed by atoms with Crippen molar-refractivity contribution in [3.63, 3.8) is 0 Å². The Morgan fingerprint density at radius 2 is 1.81 bits per heavy atom. The standard InChI is InChI=1S/C22H23Br2N3O2.2ClH/c23-17-9-16(10-18(24)12-17)14-29-21-3-8-28-20-2-1-15(13-25)11-19(20)22(21)27-6-4-26-5-7-27;;/h1-2,9-12,21-22,26H,3-8,14H2;2*1H. The van der Waals surface area contributed by atoms with E-state index in [1.807, 2.05) is 24.3 Å². The van der Waals surface area contributed by atoms with Gasteiger partial charge < -0.3 is 14.8 Å². The first-order valence-corrected chi connectivity index (χ1v) is 11.4. The molecule has 1 fully saturated rings. The predicted octanol–water partition coefficient (Wildman–Crippen LogP) is 5.24. The number of halogens is 4. The molecule has 2 unspecified atom stereocenters. The Morgan fingerprint density at radius 3 is 2.48 bits per heavy atom. The molecule has 4 rings (SSSR count). The first kappa shape index (κ1) is 26.4. The number of benzene rings is 2. The Morgan fingerprint density at radius 1 is 1.10 bits per heavy atom. The molecule has 0 saturated carbocycles. The number of nitriles is 1. The summed E-state index contributed by atoms with van der Waals surface area (Å²) in [6.45, 7) is 4.94. The van der Waals surface area contributed by atoms with Crippen LogP contribution in [0.25, 0.3) is 0 Å². The third-order valence-corrected chi connectivity index (χ3v) is 6.32. The Kier molecular flexibility index (Phi) is 10.6. The van der Waals surface area contributed by atoms with E-state index in [-0.39, 0.29) is 37.0 Å². The molecule has 0 aromatic heterocycles. The molecule has 2 atom stereocenters. The van der Waals surface area contributed by atoms with Gasteiger partial charge in [-0.2, -0.15) is 5.26 Å². The minimum Gasteiger partial charge on any atom is -0.493 e. The monoisotopic (exact) mass is 591 g/mol. The SMILES string of the molecule is Cl.Cl.N#Cc1ccc2c(c1)C(N1CCNCC1)C(OCc1cc(Br)cc(Br)c1)CCO2. The van der Waals surface area contributed by atoms with Crippen molar-refractivity contribution >= 4 is 56.7 Å². The molecule has 0 radical (unpaired) electrons. The molecule has 168 valence electrons. The lowest BCUT2D eigenvalue weighted by Crippen LogP contribution is -2.48. The van der Waals surface area contributed by atoms with E-state index in [9.17, 15) is 5.26 Å². The molecule has 2 heterocycles. The fraction of sp³-hybridized carbons (Fsp3) is 0.409. The van der Waals surface area contributed by atoms with Crippen molar-refractivity contribution < 1.29 is 9.47 Å². The van der Waals surface area contributed by atoms with Crippen LogP contribution in [-0.2, 0) is 11.3 Å². The van der Waals surface area contributed by atoms with Crippen LogP contribution in [0, 0.1) is 11.3 Å². The lowest BCUT2D eigenvalue weighted by Gasteiger charge is -2.38. The van der Waals surface area contributed by atoms with E-state index >= 15 is 0 Å². The number of hydrogen-bond acceptors (Lipinski definition) is 5. The summed E-state index contributed by atoms with van der Waals surface area (Å²) in [5.41, 5.74) is 2.83. The Bertz CT molecular complexity index is 900. The quantitative estimate of drug-likeness (QED) is 0.525. The van der Waals surface area contributed by atoms with Gasteiger partial charge in [0.25, 0.3) is 0 Å². The molecular weight excluding hydrogens is 569 g/mol. The van der Waals surface area contributed by atoms with Crippen molar-refractivity contribution in [2.24, 2.45) is 0 Å². The predicted molar refractivity (Wildman–Crippen MR) is 133 cm³/mol. The van der Waals surface area contributed by atoms with Gasteiger partial charge in [0.2, 0.25) is 0 Å². The van der Waals surface area contributed by atoms with Gasteiger partial charge in [-0.05, 0) is 42.0 Å². The smallest absolute Gasteiger partial charge is 0.124 e. The summed E-state index contributed by atoms with van der Waals surface area (Å²) in [4.78, 5) is 2.46. The molecule has 0 spiro atoms. The molecule has 0 aliphatic carbocycles. The van der Waals surface area contributed by atoms with E-state index in [1.54, 1.807) is 0 Å². The maximum absolute atomic E-state index is 9.42. The minimum absolute atomic E-state index is 0.